The number of isocyanates is 1. The molecular formula is C16H24N2O4S. The van der Waals surface area contributed by atoms with Crippen LogP contribution in [0.2, 0.25) is 0 Å². The average molecular weight is 340 g/mol. The summed E-state index contributed by atoms with van der Waals surface area (Å²) >= 11 is 0. The van der Waals surface area contributed by atoms with Crippen molar-refractivity contribution in [2.45, 2.75) is 40.0 Å². The quantitative estimate of drug-likeness (QED) is 0.635. The highest BCUT2D eigenvalue weighted by atomic mass is 32.2. The molecule has 0 aromatic heterocycles. The maximum absolute atomic E-state index is 12.2. The minimum absolute atomic E-state index is 0.0117. The smallest absolute Gasteiger partial charge is 0.240 e. The fourth-order valence-electron chi connectivity index (χ4n) is 2.12. The predicted molar refractivity (Wildman–Crippen MR) is 91.7 cm³/mol. The van der Waals surface area contributed by atoms with Gasteiger partial charge < -0.3 is 4.74 Å². The van der Waals surface area contributed by atoms with E-state index in [1.807, 2.05) is 34.6 Å². The standard InChI is InChI=1S/C16H24N2O4S/c1-11(2)9-23(20,21)18-14-8-12(16(3,4)5)7-13(17-10-19)15(14)22-6/h7-8,11,18H,9H2,1-6H3. The summed E-state index contributed by atoms with van der Waals surface area (Å²) in [6.07, 6.45) is 1.48. The zero-order valence-electron chi connectivity index (χ0n) is 14.4. The van der Waals surface area contributed by atoms with Gasteiger partial charge in [-0.15, -0.1) is 0 Å². The summed E-state index contributed by atoms with van der Waals surface area (Å²) in [5, 5.41) is 0. The van der Waals surface area contributed by atoms with E-state index in [9.17, 15) is 13.2 Å². The molecule has 0 fully saturated rings. The first-order chi connectivity index (χ1) is 10.5. The molecule has 7 heteroatoms. The van der Waals surface area contributed by atoms with E-state index in [4.69, 9.17) is 4.74 Å². The lowest BCUT2D eigenvalue weighted by Crippen LogP contribution is -2.21. The molecule has 0 saturated carbocycles. The number of rotatable bonds is 6. The molecule has 0 heterocycles. The minimum atomic E-state index is -3.53. The lowest BCUT2D eigenvalue weighted by atomic mass is 9.86. The summed E-state index contributed by atoms with van der Waals surface area (Å²) in [5.41, 5.74) is 1.10. The maximum atomic E-state index is 12.2. The number of aliphatic imine (C=N–C) groups is 1. The van der Waals surface area contributed by atoms with E-state index in [1.54, 1.807) is 12.1 Å². The van der Waals surface area contributed by atoms with Crippen LogP contribution < -0.4 is 9.46 Å². The third-order valence-corrected chi connectivity index (χ3v) is 4.76. The number of hydrogen-bond donors (Lipinski definition) is 1. The number of methoxy groups -OCH3 is 1. The zero-order valence-corrected chi connectivity index (χ0v) is 15.2. The van der Waals surface area contributed by atoms with Crippen molar-refractivity contribution in [1.29, 1.82) is 0 Å². The highest BCUT2D eigenvalue weighted by molar-refractivity contribution is 7.92. The monoisotopic (exact) mass is 340 g/mol. The van der Waals surface area contributed by atoms with Crippen LogP contribution in [0, 0.1) is 5.92 Å². The molecule has 0 aliphatic carbocycles. The Morgan fingerprint density at radius 1 is 1.30 bits per heavy atom. The first-order valence-electron chi connectivity index (χ1n) is 7.31. The second kappa shape index (κ2) is 7.15. The summed E-state index contributed by atoms with van der Waals surface area (Å²) in [6, 6.07) is 3.41. The normalized spacial score (nSPS) is 12.0. The van der Waals surface area contributed by atoms with Crippen LogP contribution >= 0.6 is 0 Å². The van der Waals surface area contributed by atoms with Gasteiger partial charge in [-0.05, 0) is 29.0 Å². The Morgan fingerprint density at radius 3 is 2.35 bits per heavy atom. The molecule has 0 aliphatic rings. The fourth-order valence-corrected chi connectivity index (χ4v) is 3.56. The van der Waals surface area contributed by atoms with E-state index in [0.29, 0.717) is 0 Å². The van der Waals surface area contributed by atoms with Crippen LogP contribution in [0.25, 0.3) is 0 Å². The van der Waals surface area contributed by atoms with Gasteiger partial charge in [-0.3, -0.25) is 4.72 Å². The molecule has 0 aliphatic heterocycles. The summed E-state index contributed by atoms with van der Waals surface area (Å²) in [5.74, 6) is 0.174. The second-order valence-corrected chi connectivity index (χ2v) is 8.57. The molecule has 0 saturated heterocycles. The van der Waals surface area contributed by atoms with Gasteiger partial charge in [-0.25, -0.2) is 13.2 Å². The third kappa shape index (κ3) is 5.37. The molecule has 6 nitrogen and oxygen atoms in total. The van der Waals surface area contributed by atoms with Crippen LogP contribution in [0.3, 0.4) is 0 Å². The first-order valence-corrected chi connectivity index (χ1v) is 8.96. The van der Waals surface area contributed by atoms with E-state index < -0.39 is 10.0 Å². The summed E-state index contributed by atoms with van der Waals surface area (Å²) in [7, 11) is -2.13. The van der Waals surface area contributed by atoms with Crippen molar-refractivity contribution < 1.29 is 17.9 Å². The van der Waals surface area contributed by atoms with Crippen LogP contribution in [0.4, 0.5) is 11.4 Å². The Kier molecular flexibility index (Phi) is 5.97. The molecule has 1 aromatic carbocycles. The van der Waals surface area contributed by atoms with Gasteiger partial charge in [0.25, 0.3) is 0 Å². The molecule has 0 radical (unpaired) electrons. The van der Waals surface area contributed by atoms with Crippen LogP contribution in [0.5, 0.6) is 5.75 Å². The van der Waals surface area contributed by atoms with Crippen molar-refractivity contribution in [2.75, 3.05) is 17.6 Å². The number of benzene rings is 1. The van der Waals surface area contributed by atoms with Gasteiger partial charge in [0.15, 0.2) is 5.75 Å². The number of nitrogens with zero attached hydrogens (tertiary/aromatic N) is 1. The fraction of sp³-hybridized carbons (Fsp3) is 0.562. The lowest BCUT2D eigenvalue weighted by molar-refractivity contribution is 0.417. The van der Waals surface area contributed by atoms with Crippen molar-refractivity contribution in [1.82, 2.24) is 0 Å². The molecule has 0 unspecified atom stereocenters. The zero-order chi connectivity index (χ0) is 17.8. The van der Waals surface area contributed by atoms with Gasteiger partial charge >= 0.3 is 0 Å². The molecule has 0 atom stereocenters. The van der Waals surface area contributed by atoms with Gasteiger partial charge in [0.2, 0.25) is 16.1 Å². The number of nitrogens with one attached hydrogen (secondary N) is 1. The van der Waals surface area contributed by atoms with Crippen LogP contribution in [0.1, 0.15) is 40.2 Å². The van der Waals surface area contributed by atoms with Crippen molar-refractivity contribution >= 4 is 27.5 Å². The van der Waals surface area contributed by atoms with E-state index >= 15 is 0 Å². The van der Waals surface area contributed by atoms with Crippen LogP contribution in [-0.4, -0.2) is 27.4 Å². The molecule has 23 heavy (non-hydrogen) atoms. The highest BCUT2D eigenvalue weighted by Crippen LogP contribution is 2.40. The molecule has 0 bridgehead atoms. The molecule has 0 amide bonds. The van der Waals surface area contributed by atoms with E-state index in [1.165, 1.54) is 13.2 Å². The first kappa shape index (κ1) is 19.2. The molecule has 1 rings (SSSR count). The number of ether oxygens (including phenoxy) is 1. The highest BCUT2D eigenvalue weighted by Gasteiger charge is 2.22. The molecule has 1 N–H and O–H groups in total. The molecule has 128 valence electrons. The minimum Gasteiger partial charge on any atom is -0.492 e. The second-order valence-electron chi connectivity index (χ2n) is 6.81. The van der Waals surface area contributed by atoms with E-state index in [0.717, 1.165) is 5.56 Å². The Hall–Kier alpha value is -1.85. The topological polar surface area (TPSA) is 84.8 Å². The van der Waals surface area contributed by atoms with E-state index in [2.05, 4.69) is 9.71 Å². The van der Waals surface area contributed by atoms with Gasteiger partial charge in [0.1, 0.15) is 5.69 Å². The van der Waals surface area contributed by atoms with Crippen LogP contribution in [-0.2, 0) is 20.2 Å². The third-order valence-electron chi connectivity index (χ3n) is 3.12. The summed E-state index contributed by atoms with van der Waals surface area (Å²) < 4.78 is 32.3. The Bertz CT molecular complexity index is 712. The maximum Gasteiger partial charge on any atom is 0.240 e. The van der Waals surface area contributed by atoms with Crippen molar-refractivity contribution in [2.24, 2.45) is 10.9 Å². The van der Waals surface area contributed by atoms with Crippen molar-refractivity contribution in [3.8, 4) is 5.75 Å². The van der Waals surface area contributed by atoms with Crippen molar-refractivity contribution in [3.05, 3.63) is 17.7 Å². The lowest BCUT2D eigenvalue weighted by Gasteiger charge is -2.22. The Balaban J connectivity index is 3.50. The molecule has 1 aromatic rings. The van der Waals surface area contributed by atoms with Gasteiger partial charge in [-0.2, -0.15) is 4.99 Å². The number of hydrogen-bond acceptors (Lipinski definition) is 5. The Labute approximate surface area is 138 Å². The summed E-state index contributed by atoms with van der Waals surface area (Å²) in [4.78, 5) is 14.3. The summed E-state index contributed by atoms with van der Waals surface area (Å²) in [6.45, 7) is 9.59. The number of sulfonamides is 1. The number of anilines is 1. The van der Waals surface area contributed by atoms with Crippen molar-refractivity contribution in [3.63, 3.8) is 0 Å². The SMILES string of the molecule is COc1c(N=C=O)cc(C(C)(C)C)cc1NS(=O)(=O)CC(C)C. The van der Waals surface area contributed by atoms with Gasteiger partial charge in [-0.1, -0.05) is 34.6 Å². The predicted octanol–water partition coefficient (Wildman–Crippen LogP) is 3.36. The van der Waals surface area contributed by atoms with Gasteiger partial charge in [0, 0.05) is 0 Å². The molecule has 0 spiro atoms. The van der Waals surface area contributed by atoms with E-state index in [-0.39, 0.29) is 34.2 Å². The number of carbonyl (C=O) groups excluding carboxylic acids is 1. The average Bonchev–Trinajstić information content (AvgIpc) is 2.35. The molecular weight excluding hydrogens is 316 g/mol. The largest absolute Gasteiger partial charge is 0.492 e. The Morgan fingerprint density at radius 2 is 1.91 bits per heavy atom. The van der Waals surface area contributed by atoms with Crippen LogP contribution in [0.15, 0.2) is 17.1 Å². The van der Waals surface area contributed by atoms with Gasteiger partial charge in [0.05, 0.1) is 18.6 Å².